The van der Waals surface area contributed by atoms with E-state index in [0.717, 1.165) is 37.8 Å². The fourth-order valence-electron chi connectivity index (χ4n) is 3.89. The number of aliphatic hydroxyl groups is 1. The van der Waals surface area contributed by atoms with E-state index in [0.29, 0.717) is 12.3 Å². The summed E-state index contributed by atoms with van der Waals surface area (Å²) in [5, 5.41) is 14.0. The second-order valence-electron chi connectivity index (χ2n) is 8.22. The molecule has 1 heterocycles. The van der Waals surface area contributed by atoms with E-state index in [-0.39, 0.29) is 17.9 Å². The lowest BCUT2D eigenvalue weighted by atomic mass is 9.81. The minimum atomic E-state index is -0.637. The maximum Gasteiger partial charge on any atom is 0.237 e. The van der Waals surface area contributed by atoms with E-state index < -0.39 is 12.1 Å². The van der Waals surface area contributed by atoms with Gasteiger partial charge in [0.05, 0.1) is 24.5 Å². The Hall–Kier alpha value is -1.40. The summed E-state index contributed by atoms with van der Waals surface area (Å²) in [5.41, 5.74) is 6.92. The highest BCUT2D eigenvalue weighted by atomic mass is 16.3. The van der Waals surface area contributed by atoms with Crippen molar-refractivity contribution in [1.29, 1.82) is 0 Å². The van der Waals surface area contributed by atoms with Crippen molar-refractivity contribution in [2.75, 3.05) is 0 Å². The summed E-state index contributed by atoms with van der Waals surface area (Å²) in [4.78, 5) is 19.5. The van der Waals surface area contributed by atoms with E-state index in [4.69, 9.17) is 5.73 Å². The van der Waals surface area contributed by atoms with Gasteiger partial charge in [-0.1, -0.05) is 46.0 Å². The van der Waals surface area contributed by atoms with Crippen LogP contribution in [-0.4, -0.2) is 39.2 Å². The highest BCUT2D eigenvalue weighted by molar-refractivity contribution is 5.82. The summed E-state index contributed by atoms with van der Waals surface area (Å²) >= 11 is 0. The van der Waals surface area contributed by atoms with Crippen molar-refractivity contribution in [2.45, 2.75) is 89.8 Å². The van der Waals surface area contributed by atoms with Crippen LogP contribution >= 0.6 is 0 Å². The van der Waals surface area contributed by atoms with Crippen molar-refractivity contribution in [1.82, 2.24) is 15.3 Å². The second kappa shape index (κ2) is 10.7. The van der Waals surface area contributed by atoms with Gasteiger partial charge in [0.1, 0.15) is 0 Å². The maximum atomic E-state index is 12.6. The van der Waals surface area contributed by atoms with Gasteiger partial charge in [-0.3, -0.25) is 4.79 Å². The Balaban J connectivity index is 1.93. The first-order valence-electron chi connectivity index (χ1n) is 10.2. The molecule has 26 heavy (non-hydrogen) atoms. The van der Waals surface area contributed by atoms with E-state index >= 15 is 0 Å². The molecule has 1 aromatic rings. The zero-order chi connectivity index (χ0) is 18.9. The zero-order valence-corrected chi connectivity index (χ0v) is 16.3. The van der Waals surface area contributed by atoms with E-state index in [9.17, 15) is 9.90 Å². The number of H-pyrrole nitrogens is 1. The van der Waals surface area contributed by atoms with Crippen molar-refractivity contribution in [3.63, 3.8) is 0 Å². The van der Waals surface area contributed by atoms with Crippen molar-refractivity contribution in [3.8, 4) is 0 Å². The number of aromatic amines is 1. The largest absolute Gasteiger partial charge is 0.391 e. The molecule has 1 aliphatic rings. The number of aromatic nitrogens is 2. The number of nitrogens with two attached hydrogens (primary N) is 1. The number of amides is 1. The highest BCUT2D eigenvalue weighted by Gasteiger charge is 2.30. The molecule has 1 fully saturated rings. The van der Waals surface area contributed by atoms with Crippen LogP contribution < -0.4 is 11.1 Å². The molecule has 1 aromatic heterocycles. The molecule has 0 spiro atoms. The number of carbonyl (C=O) groups is 1. The third-order valence-corrected chi connectivity index (χ3v) is 5.50. The Morgan fingerprint density at radius 2 is 2.08 bits per heavy atom. The van der Waals surface area contributed by atoms with E-state index in [2.05, 4.69) is 29.1 Å². The lowest BCUT2D eigenvalue weighted by Gasteiger charge is -2.33. The standard InChI is InChI=1S/C20H36N4O2/c1-14(2)7-6-10-18(19(25)15-8-4-3-5-9-15)24-20(26)17(21)11-16-12-22-13-23-16/h12-15,17-19,25H,3-11,21H2,1-2H3,(H,22,23)(H,24,26)/t17-,18-,19-/m0/s1. The number of nitrogens with zero attached hydrogens (tertiary/aromatic N) is 1. The van der Waals surface area contributed by atoms with Crippen molar-refractivity contribution < 1.29 is 9.90 Å². The number of hydrogen-bond acceptors (Lipinski definition) is 4. The Labute approximate surface area is 157 Å². The van der Waals surface area contributed by atoms with Crippen LogP contribution in [-0.2, 0) is 11.2 Å². The zero-order valence-electron chi connectivity index (χ0n) is 16.3. The normalized spacial score (nSPS) is 19.3. The Kier molecular flexibility index (Phi) is 8.59. The molecule has 5 N–H and O–H groups in total. The molecule has 6 nitrogen and oxygen atoms in total. The molecule has 1 saturated carbocycles. The minimum absolute atomic E-state index is 0.191. The monoisotopic (exact) mass is 364 g/mol. The second-order valence-corrected chi connectivity index (χ2v) is 8.22. The molecule has 1 amide bonds. The lowest BCUT2D eigenvalue weighted by molar-refractivity contribution is -0.124. The number of nitrogens with one attached hydrogen (secondary N) is 2. The van der Waals surface area contributed by atoms with Gasteiger partial charge in [0.15, 0.2) is 0 Å². The summed E-state index contributed by atoms with van der Waals surface area (Å²) in [6.07, 6.45) is 11.8. The van der Waals surface area contributed by atoms with Gasteiger partial charge in [0.2, 0.25) is 5.91 Å². The highest BCUT2D eigenvalue weighted by Crippen LogP contribution is 2.29. The summed E-state index contributed by atoms with van der Waals surface area (Å²) in [6.45, 7) is 4.40. The third-order valence-electron chi connectivity index (χ3n) is 5.50. The number of carbonyl (C=O) groups excluding carboxylic acids is 1. The molecular formula is C20H36N4O2. The van der Waals surface area contributed by atoms with Crippen LogP contribution in [0.3, 0.4) is 0 Å². The summed E-state index contributed by atoms with van der Waals surface area (Å²) < 4.78 is 0. The number of imidazole rings is 1. The lowest BCUT2D eigenvalue weighted by Crippen LogP contribution is -2.52. The molecule has 6 heteroatoms. The first-order chi connectivity index (χ1) is 12.5. The number of hydrogen-bond donors (Lipinski definition) is 4. The first kappa shape index (κ1) is 20.9. The summed E-state index contributed by atoms with van der Waals surface area (Å²) in [6, 6.07) is -0.848. The van der Waals surface area contributed by atoms with Crippen LogP contribution in [0.4, 0.5) is 0 Å². The van der Waals surface area contributed by atoms with Crippen molar-refractivity contribution in [2.24, 2.45) is 17.6 Å². The molecule has 3 atom stereocenters. The van der Waals surface area contributed by atoms with Crippen molar-refractivity contribution in [3.05, 3.63) is 18.2 Å². The van der Waals surface area contributed by atoms with Crippen molar-refractivity contribution >= 4 is 5.91 Å². The summed E-state index contributed by atoms with van der Waals surface area (Å²) in [5.74, 6) is 0.724. The van der Waals surface area contributed by atoms with Gasteiger partial charge in [-0.25, -0.2) is 4.98 Å². The maximum absolute atomic E-state index is 12.6. The quantitative estimate of drug-likeness (QED) is 0.512. The molecule has 0 bridgehead atoms. The van der Waals surface area contributed by atoms with Gasteiger partial charge < -0.3 is 21.1 Å². The van der Waals surface area contributed by atoms with Gasteiger partial charge in [-0.05, 0) is 31.1 Å². The number of rotatable bonds is 10. The molecule has 2 rings (SSSR count). The Morgan fingerprint density at radius 1 is 1.35 bits per heavy atom. The topological polar surface area (TPSA) is 104 Å². The van der Waals surface area contributed by atoms with E-state index in [1.54, 1.807) is 12.5 Å². The number of aliphatic hydroxyl groups excluding tert-OH is 1. The van der Waals surface area contributed by atoms with Crippen LogP contribution in [0.2, 0.25) is 0 Å². The molecule has 1 aliphatic carbocycles. The Morgan fingerprint density at radius 3 is 2.69 bits per heavy atom. The van der Waals surface area contributed by atoms with Gasteiger partial charge in [-0.15, -0.1) is 0 Å². The van der Waals surface area contributed by atoms with Gasteiger partial charge in [0.25, 0.3) is 0 Å². The fourth-order valence-corrected chi connectivity index (χ4v) is 3.89. The van der Waals surface area contributed by atoms with Crippen LogP contribution in [0.5, 0.6) is 0 Å². The predicted molar refractivity (Wildman–Crippen MR) is 103 cm³/mol. The van der Waals surface area contributed by atoms with Gasteiger partial charge >= 0.3 is 0 Å². The molecule has 0 unspecified atom stereocenters. The van der Waals surface area contributed by atoms with Gasteiger partial charge in [-0.2, -0.15) is 0 Å². The average Bonchev–Trinajstić information content (AvgIpc) is 3.13. The molecule has 0 radical (unpaired) electrons. The third kappa shape index (κ3) is 6.72. The average molecular weight is 365 g/mol. The molecule has 148 valence electrons. The van der Waals surface area contributed by atoms with E-state index in [1.165, 1.54) is 19.3 Å². The van der Waals surface area contributed by atoms with Crippen LogP contribution in [0.15, 0.2) is 12.5 Å². The summed E-state index contributed by atoms with van der Waals surface area (Å²) in [7, 11) is 0. The van der Waals surface area contributed by atoms with Crippen LogP contribution in [0.25, 0.3) is 0 Å². The minimum Gasteiger partial charge on any atom is -0.391 e. The van der Waals surface area contributed by atoms with Crippen LogP contribution in [0, 0.1) is 11.8 Å². The Bertz CT molecular complexity index is 512. The molecule has 0 aliphatic heterocycles. The predicted octanol–water partition coefficient (Wildman–Crippen LogP) is 2.53. The smallest absolute Gasteiger partial charge is 0.237 e. The molecule has 0 saturated heterocycles. The SMILES string of the molecule is CC(C)CCC[C@H](NC(=O)[C@@H](N)Cc1cnc[nH]1)[C@@H](O)C1CCCCC1. The first-order valence-corrected chi connectivity index (χ1v) is 10.2. The van der Waals surface area contributed by atoms with Crippen LogP contribution in [0.1, 0.15) is 70.9 Å². The van der Waals surface area contributed by atoms with E-state index in [1.807, 2.05) is 0 Å². The molecule has 0 aromatic carbocycles. The fraction of sp³-hybridized carbons (Fsp3) is 0.800. The van der Waals surface area contributed by atoms with Gasteiger partial charge in [0, 0.05) is 18.3 Å². The molecular weight excluding hydrogens is 328 g/mol.